The zero-order valence-corrected chi connectivity index (χ0v) is 10.5. The van der Waals surface area contributed by atoms with Gasteiger partial charge in [0.25, 0.3) is 0 Å². The van der Waals surface area contributed by atoms with E-state index in [2.05, 4.69) is 49.4 Å². The van der Waals surface area contributed by atoms with Crippen molar-refractivity contribution >= 4 is 17.2 Å². The molecule has 0 aromatic heterocycles. The average Bonchev–Trinajstić information content (AvgIpc) is 2.71. The fourth-order valence-electron chi connectivity index (χ4n) is 2.39. The molecule has 2 aromatic carbocycles. The predicted octanol–water partition coefficient (Wildman–Crippen LogP) is 4.64. The van der Waals surface area contributed by atoms with Crippen molar-refractivity contribution in [3.8, 4) is 0 Å². The molecule has 0 heterocycles. The molecule has 0 saturated heterocycles. The Labute approximate surface area is 107 Å². The fraction of sp³-hybridized carbons (Fsp3) is 0.125. The minimum atomic E-state index is 0.809. The summed E-state index contributed by atoms with van der Waals surface area (Å²) in [6.45, 7) is 2.12. The van der Waals surface area contributed by atoms with Crippen LogP contribution in [0.25, 0.3) is 5.57 Å². The van der Waals surface area contributed by atoms with Gasteiger partial charge >= 0.3 is 0 Å². The summed E-state index contributed by atoms with van der Waals surface area (Å²) in [6, 6.07) is 14.8. The number of benzene rings is 2. The largest absolute Gasteiger partial charge is 0.0843 e. The lowest BCUT2D eigenvalue weighted by Crippen LogP contribution is -1.87. The van der Waals surface area contributed by atoms with E-state index in [9.17, 15) is 0 Å². The maximum atomic E-state index is 6.08. The maximum absolute atomic E-state index is 6.08. The molecule has 17 heavy (non-hydrogen) atoms. The molecule has 0 saturated carbocycles. The van der Waals surface area contributed by atoms with Crippen LogP contribution in [0.2, 0.25) is 5.02 Å². The van der Waals surface area contributed by atoms with Crippen molar-refractivity contribution in [2.24, 2.45) is 0 Å². The zero-order valence-electron chi connectivity index (χ0n) is 9.70. The first-order valence-corrected chi connectivity index (χ1v) is 6.18. The summed E-state index contributed by atoms with van der Waals surface area (Å²) >= 11 is 6.08. The van der Waals surface area contributed by atoms with Gasteiger partial charge in [0.15, 0.2) is 0 Å². The van der Waals surface area contributed by atoms with Crippen molar-refractivity contribution in [2.45, 2.75) is 13.3 Å². The molecule has 1 aliphatic rings. The Bertz CT molecular complexity index is 609. The van der Waals surface area contributed by atoms with Gasteiger partial charge in [0.2, 0.25) is 0 Å². The van der Waals surface area contributed by atoms with Crippen LogP contribution in [0.15, 0.2) is 48.5 Å². The first-order valence-electron chi connectivity index (χ1n) is 5.80. The molecule has 3 rings (SSSR count). The standard InChI is InChI=1S/C16H13Cl/c1-11-3-2-4-13(9-11)15-8-6-12-5-7-14(17)10-16(12)15/h2-5,7-10H,6H2,1H3. The summed E-state index contributed by atoms with van der Waals surface area (Å²) in [7, 11) is 0. The van der Waals surface area contributed by atoms with Crippen molar-refractivity contribution in [1.82, 2.24) is 0 Å². The molecule has 0 spiro atoms. The van der Waals surface area contributed by atoms with E-state index in [1.165, 1.54) is 27.8 Å². The zero-order chi connectivity index (χ0) is 11.8. The highest BCUT2D eigenvalue weighted by atomic mass is 35.5. The van der Waals surface area contributed by atoms with Crippen LogP contribution in [-0.2, 0) is 6.42 Å². The van der Waals surface area contributed by atoms with Gasteiger partial charge in [-0.2, -0.15) is 0 Å². The molecule has 0 atom stereocenters. The molecule has 0 aliphatic heterocycles. The Hall–Kier alpha value is -1.53. The highest BCUT2D eigenvalue weighted by Gasteiger charge is 2.15. The molecule has 1 aliphatic carbocycles. The Morgan fingerprint density at radius 2 is 1.94 bits per heavy atom. The van der Waals surface area contributed by atoms with E-state index < -0.39 is 0 Å². The number of hydrogen-bond donors (Lipinski definition) is 0. The second-order valence-electron chi connectivity index (χ2n) is 4.49. The SMILES string of the molecule is Cc1cccc(C2=CCc3ccc(Cl)cc32)c1. The van der Waals surface area contributed by atoms with Crippen molar-refractivity contribution in [3.05, 3.63) is 75.8 Å². The lowest BCUT2D eigenvalue weighted by molar-refractivity contribution is 1.31. The van der Waals surface area contributed by atoms with Crippen LogP contribution in [0.1, 0.15) is 22.3 Å². The third-order valence-corrected chi connectivity index (χ3v) is 3.45. The minimum Gasteiger partial charge on any atom is -0.0843 e. The predicted molar refractivity (Wildman–Crippen MR) is 73.4 cm³/mol. The first kappa shape index (κ1) is 10.6. The van der Waals surface area contributed by atoms with Crippen LogP contribution in [0.3, 0.4) is 0 Å². The van der Waals surface area contributed by atoms with Crippen LogP contribution in [0.4, 0.5) is 0 Å². The quantitative estimate of drug-likeness (QED) is 0.682. The van der Waals surface area contributed by atoms with Crippen molar-refractivity contribution < 1.29 is 0 Å². The Morgan fingerprint density at radius 1 is 1.06 bits per heavy atom. The number of fused-ring (bicyclic) bond motifs is 1. The third kappa shape index (κ3) is 1.89. The van der Waals surface area contributed by atoms with E-state index >= 15 is 0 Å². The molecule has 2 aromatic rings. The molecule has 0 N–H and O–H groups in total. The van der Waals surface area contributed by atoms with Crippen LogP contribution < -0.4 is 0 Å². The molecule has 0 bridgehead atoms. The summed E-state index contributed by atoms with van der Waals surface area (Å²) in [5.74, 6) is 0. The third-order valence-electron chi connectivity index (χ3n) is 3.22. The van der Waals surface area contributed by atoms with Gasteiger partial charge in [-0.3, -0.25) is 0 Å². The van der Waals surface area contributed by atoms with Gasteiger partial charge in [-0.15, -0.1) is 0 Å². The molecule has 0 fully saturated rings. The van der Waals surface area contributed by atoms with Gasteiger partial charge in [0.05, 0.1) is 0 Å². The van der Waals surface area contributed by atoms with Gasteiger partial charge in [0, 0.05) is 5.02 Å². The average molecular weight is 241 g/mol. The fourth-order valence-corrected chi connectivity index (χ4v) is 2.56. The van der Waals surface area contributed by atoms with Gasteiger partial charge in [-0.1, -0.05) is 53.6 Å². The first-order chi connectivity index (χ1) is 8.24. The van der Waals surface area contributed by atoms with E-state index in [0.29, 0.717) is 0 Å². The van der Waals surface area contributed by atoms with E-state index in [1.807, 2.05) is 6.07 Å². The number of rotatable bonds is 1. The molecular weight excluding hydrogens is 228 g/mol. The maximum Gasteiger partial charge on any atom is 0.0412 e. The lowest BCUT2D eigenvalue weighted by Gasteiger charge is -2.07. The topological polar surface area (TPSA) is 0 Å². The molecule has 1 heteroatoms. The van der Waals surface area contributed by atoms with Crippen LogP contribution >= 0.6 is 11.6 Å². The summed E-state index contributed by atoms with van der Waals surface area (Å²) in [5.41, 5.74) is 6.53. The van der Waals surface area contributed by atoms with Crippen molar-refractivity contribution in [1.29, 1.82) is 0 Å². The van der Waals surface area contributed by atoms with E-state index in [4.69, 9.17) is 11.6 Å². The molecule has 0 amide bonds. The van der Waals surface area contributed by atoms with Gasteiger partial charge in [0.1, 0.15) is 0 Å². The monoisotopic (exact) mass is 240 g/mol. The van der Waals surface area contributed by atoms with Crippen LogP contribution in [0, 0.1) is 6.92 Å². The van der Waals surface area contributed by atoms with Gasteiger partial charge in [-0.25, -0.2) is 0 Å². The van der Waals surface area contributed by atoms with Crippen molar-refractivity contribution in [3.63, 3.8) is 0 Å². The van der Waals surface area contributed by atoms with E-state index in [0.717, 1.165) is 11.4 Å². The normalized spacial score (nSPS) is 13.4. The van der Waals surface area contributed by atoms with E-state index in [1.54, 1.807) is 0 Å². The number of aryl methyl sites for hydroxylation is 1. The summed E-state index contributed by atoms with van der Waals surface area (Å²) < 4.78 is 0. The second-order valence-corrected chi connectivity index (χ2v) is 4.93. The van der Waals surface area contributed by atoms with E-state index in [-0.39, 0.29) is 0 Å². The van der Waals surface area contributed by atoms with Gasteiger partial charge in [-0.05, 0) is 47.7 Å². The highest BCUT2D eigenvalue weighted by Crippen LogP contribution is 2.34. The highest BCUT2D eigenvalue weighted by molar-refractivity contribution is 6.30. The molecule has 0 radical (unpaired) electrons. The van der Waals surface area contributed by atoms with Crippen LogP contribution in [0.5, 0.6) is 0 Å². The minimum absolute atomic E-state index is 0.809. The van der Waals surface area contributed by atoms with Crippen molar-refractivity contribution in [2.75, 3.05) is 0 Å². The Balaban J connectivity index is 2.12. The molecule has 0 nitrogen and oxygen atoms in total. The summed E-state index contributed by atoms with van der Waals surface area (Å²) in [5, 5.41) is 0.809. The number of hydrogen-bond acceptors (Lipinski definition) is 0. The molecule has 0 unspecified atom stereocenters. The summed E-state index contributed by atoms with van der Waals surface area (Å²) in [6.07, 6.45) is 3.30. The Kier molecular flexibility index (Phi) is 2.53. The number of allylic oxidation sites excluding steroid dienone is 1. The molecular formula is C16H13Cl. The van der Waals surface area contributed by atoms with Gasteiger partial charge < -0.3 is 0 Å². The lowest BCUT2D eigenvalue weighted by atomic mass is 9.98. The molecule has 84 valence electrons. The number of halogens is 1. The smallest absolute Gasteiger partial charge is 0.0412 e. The Morgan fingerprint density at radius 3 is 2.76 bits per heavy atom. The second kappa shape index (κ2) is 4.05. The van der Waals surface area contributed by atoms with Crippen LogP contribution in [-0.4, -0.2) is 0 Å². The summed E-state index contributed by atoms with van der Waals surface area (Å²) in [4.78, 5) is 0.